The highest BCUT2D eigenvalue weighted by Crippen LogP contribution is 2.32. The summed E-state index contributed by atoms with van der Waals surface area (Å²) in [4.78, 5) is 7.79. The van der Waals surface area contributed by atoms with Crippen molar-refractivity contribution in [3.63, 3.8) is 0 Å². The van der Waals surface area contributed by atoms with Crippen LogP contribution in [0.15, 0.2) is 24.4 Å². The maximum Gasteiger partial charge on any atom is 0.231 e. The van der Waals surface area contributed by atoms with Crippen molar-refractivity contribution in [2.45, 2.75) is 32.6 Å². The van der Waals surface area contributed by atoms with Crippen molar-refractivity contribution < 1.29 is 9.47 Å². The first kappa shape index (κ1) is 12.1. The second-order valence-corrected chi connectivity index (χ2v) is 4.82. The van der Waals surface area contributed by atoms with Gasteiger partial charge < -0.3 is 14.5 Å². The van der Waals surface area contributed by atoms with Gasteiger partial charge in [-0.25, -0.2) is 4.98 Å². The zero-order valence-corrected chi connectivity index (χ0v) is 11.1. The highest BCUT2D eigenvalue weighted by atomic mass is 16.7. The summed E-state index contributed by atoms with van der Waals surface area (Å²) < 4.78 is 10.7. The van der Waals surface area contributed by atoms with Gasteiger partial charge in [0.15, 0.2) is 11.5 Å². The van der Waals surface area contributed by atoms with Gasteiger partial charge in [0.1, 0.15) is 5.82 Å². The zero-order valence-electron chi connectivity index (χ0n) is 11.1. The van der Waals surface area contributed by atoms with E-state index >= 15 is 0 Å². The van der Waals surface area contributed by atoms with Gasteiger partial charge in [0, 0.05) is 24.7 Å². The second-order valence-electron chi connectivity index (χ2n) is 4.82. The molecule has 0 saturated carbocycles. The molecule has 100 valence electrons. The fourth-order valence-corrected chi connectivity index (χ4v) is 2.24. The molecule has 2 heterocycles. The van der Waals surface area contributed by atoms with Crippen LogP contribution in [0.3, 0.4) is 0 Å². The van der Waals surface area contributed by atoms with E-state index in [4.69, 9.17) is 9.47 Å². The minimum absolute atomic E-state index is 0.323. The molecule has 3 rings (SSSR count). The van der Waals surface area contributed by atoms with Gasteiger partial charge in [0.05, 0.1) is 0 Å². The first-order valence-electron chi connectivity index (χ1n) is 6.76. The van der Waals surface area contributed by atoms with E-state index in [0.29, 0.717) is 6.79 Å². The molecular formula is C15H18N2O2. The molecule has 4 nitrogen and oxygen atoms in total. The number of nitrogens with one attached hydrogen (secondary N) is 1. The number of H-pyrrole nitrogens is 1. The first-order chi connectivity index (χ1) is 9.35. The van der Waals surface area contributed by atoms with Crippen molar-refractivity contribution in [2.24, 2.45) is 0 Å². The van der Waals surface area contributed by atoms with E-state index in [9.17, 15) is 0 Å². The van der Waals surface area contributed by atoms with Gasteiger partial charge >= 0.3 is 0 Å². The smallest absolute Gasteiger partial charge is 0.231 e. The van der Waals surface area contributed by atoms with Gasteiger partial charge in [0.2, 0.25) is 6.79 Å². The van der Waals surface area contributed by atoms with Crippen LogP contribution >= 0.6 is 0 Å². The van der Waals surface area contributed by atoms with Crippen LogP contribution in [0.2, 0.25) is 0 Å². The molecule has 0 amide bonds. The Morgan fingerprint density at radius 3 is 3.05 bits per heavy atom. The van der Waals surface area contributed by atoms with Crippen molar-refractivity contribution in [1.29, 1.82) is 0 Å². The number of imidazole rings is 1. The number of unbranched alkanes of at least 4 members (excludes halogenated alkanes) is 1. The molecule has 1 aromatic carbocycles. The van der Waals surface area contributed by atoms with Crippen LogP contribution in [0.1, 0.15) is 36.8 Å². The molecule has 0 spiro atoms. The van der Waals surface area contributed by atoms with Crippen LogP contribution in [-0.2, 0) is 12.8 Å². The van der Waals surface area contributed by atoms with Gasteiger partial charge in [-0.05, 0) is 24.1 Å². The van der Waals surface area contributed by atoms with Gasteiger partial charge in [-0.15, -0.1) is 0 Å². The lowest BCUT2D eigenvalue weighted by Gasteiger charge is -2.01. The van der Waals surface area contributed by atoms with Gasteiger partial charge in [0.25, 0.3) is 0 Å². The summed E-state index contributed by atoms with van der Waals surface area (Å²) in [6.45, 7) is 2.51. The van der Waals surface area contributed by atoms with Gasteiger partial charge in [-0.2, -0.15) is 0 Å². The summed E-state index contributed by atoms with van der Waals surface area (Å²) in [5.74, 6) is 2.75. The largest absolute Gasteiger partial charge is 0.454 e. The van der Waals surface area contributed by atoms with Crippen molar-refractivity contribution in [2.75, 3.05) is 6.79 Å². The molecular weight excluding hydrogens is 240 g/mol. The standard InChI is InChI=1S/C15H18N2O2/c1-2-3-4-15-16-9-12(17-15)7-11-5-6-13-14(8-11)19-10-18-13/h5-6,8-9H,2-4,7,10H2,1H3,(H,16,17). The zero-order chi connectivity index (χ0) is 13.1. The van der Waals surface area contributed by atoms with E-state index in [0.717, 1.165) is 35.9 Å². The molecule has 0 fully saturated rings. The fraction of sp³-hybridized carbons (Fsp3) is 0.400. The third kappa shape index (κ3) is 2.72. The third-order valence-electron chi connectivity index (χ3n) is 3.28. The maximum atomic E-state index is 5.39. The molecule has 1 N–H and O–H groups in total. The van der Waals surface area contributed by atoms with E-state index in [1.165, 1.54) is 18.4 Å². The summed E-state index contributed by atoms with van der Waals surface area (Å²) in [5, 5.41) is 0. The number of fused-ring (bicyclic) bond motifs is 1. The summed E-state index contributed by atoms with van der Waals surface area (Å²) in [6.07, 6.45) is 6.16. The summed E-state index contributed by atoms with van der Waals surface area (Å²) in [5.41, 5.74) is 2.35. The van der Waals surface area contributed by atoms with Gasteiger partial charge in [-0.3, -0.25) is 0 Å². The molecule has 0 bridgehead atoms. The van der Waals surface area contributed by atoms with Crippen LogP contribution in [0.25, 0.3) is 0 Å². The van der Waals surface area contributed by atoms with E-state index in [1.54, 1.807) is 0 Å². The Bertz CT molecular complexity index is 563. The monoisotopic (exact) mass is 258 g/mol. The maximum absolute atomic E-state index is 5.39. The third-order valence-corrected chi connectivity index (χ3v) is 3.28. The molecule has 1 aliphatic heterocycles. The number of benzene rings is 1. The first-order valence-corrected chi connectivity index (χ1v) is 6.76. The molecule has 0 radical (unpaired) electrons. The topological polar surface area (TPSA) is 47.1 Å². The average molecular weight is 258 g/mol. The average Bonchev–Trinajstić information content (AvgIpc) is 3.05. The minimum Gasteiger partial charge on any atom is -0.454 e. The summed E-state index contributed by atoms with van der Waals surface area (Å²) >= 11 is 0. The van der Waals surface area contributed by atoms with Crippen LogP contribution < -0.4 is 9.47 Å². The molecule has 1 aromatic heterocycles. The number of rotatable bonds is 5. The number of aryl methyl sites for hydroxylation is 1. The molecule has 19 heavy (non-hydrogen) atoms. The van der Waals surface area contributed by atoms with Crippen LogP contribution in [0.5, 0.6) is 11.5 Å². The fourth-order valence-electron chi connectivity index (χ4n) is 2.24. The number of ether oxygens (including phenoxy) is 2. The lowest BCUT2D eigenvalue weighted by molar-refractivity contribution is 0.174. The van der Waals surface area contributed by atoms with Crippen LogP contribution in [0.4, 0.5) is 0 Å². The number of aromatic amines is 1. The molecule has 0 unspecified atom stereocenters. The van der Waals surface area contributed by atoms with Crippen LogP contribution in [0, 0.1) is 0 Å². The second kappa shape index (κ2) is 5.34. The van der Waals surface area contributed by atoms with Gasteiger partial charge in [-0.1, -0.05) is 19.4 Å². The number of nitrogens with zero attached hydrogens (tertiary/aromatic N) is 1. The lowest BCUT2D eigenvalue weighted by atomic mass is 10.1. The van der Waals surface area contributed by atoms with Crippen molar-refractivity contribution in [3.8, 4) is 11.5 Å². The molecule has 0 aliphatic carbocycles. The van der Waals surface area contributed by atoms with Crippen molar-refractivity contribution in [1.82, 2.24) is 9.97 Å². The Balaban J connectivity index is 1.69. The molecule has 2 aromatic rings. The van der Waals surface area contributed by atoms with E-state index in [1.807, 2.05) is 18.3 Å². The number of hydrogen-bond donors (Lipinski definition) is 1. The minimum atomic E-state index is 0.323. The highest BCUT2D eigenvalue weighted by molar-refractivity contribution is 5.45. The predicted octanol–water partition coefficient (Wildman–Crippen LogP) is 3.07. The molecule has 1 aliphatic rings. The Labute approximate surface area is 112 Å². The number of hydrogen-bond acceptors (Lipinski definition) is 3. The quantitative estimate of drug-likeness (QED) is 0.896. The van der Waals surface area contributed by atoms with E-state index in [2.05, 4.69) is 23.0 Å². The molecule has 0 saturated heterocycles. The molecule has 0 atom stereocenters. The normalized spacial score (nSPS) is 12.9. The Kier molecular flexibility index (Phi) is 3.40. The van der Waals surface area contributed by atoms with E-state index in [-0.39, 0.29) is 0 Å². The van der Waals surface area contributed by atoms with Crippen molar-refractivity contribution in [3.05, 3.63) is 41.5 Å². The van der Waals surface area contributed by atoms with Crippen LogP contribution in [-0.4, -0.2) is 16.8 Å². The summed E-state index contributed by atoms with van der Waals surface area (Å²) in [6, 6.07) is 6.07. The highest BCUT2D eigenvalue weighted by Gasteiger charge is 2.13. The Hall–Kier alpha value is -1.97. The van der Waals surface area contributed by atoms with E-state index < -0.39 is 0 Å². The predicted molar refractivity (Wildman–Crippen MR) is 72.6 cm³/mol. The number of aromatic nitrogens is 2. The lowest BCUT2D eigenvalue weighted by Crippen LogP contribution is -1.93. The SMILES string of the molecule is CCCCc1ncc(Cc2ccc3c(c2)OCO3)[nH]1. The summed E-state index contributed by atoms with van der Waals surface area (Å²) in [7, 11) is 0. The Morgan fingerprint density at radius 2 is 2.16 bits per heavy atom. The van der Waals surface area contributed by atoms with Crippen molar-refractivity contribution >= 4 is 0 Å². The Morgan fingerprint density at radius 1 is 1.26 bits per heavy atom. The molecule has 4 heteroatoms.